The maximum absolute atomic E-state index is 6.09. The van der Waals surface area contributed by atoms with Gasteiger partial charge >= 0.3 is 0 Å². The van der Waals surface area contributed by atoms with Gasteiger partial charge in [-0.05, 0) is 44.4 Å². The molecule has 2 rings (SSSR count). The van der Waals surface area contributed by atoms with Crippen molar-refractivity contribution in [2.24, 2.45) is 5.73 Å². The van der Waals surface area contributed by atoms with E-state index in [2.05, 4.69) is 46.0 Å². The average Bonchev–Trinajstić information content (AvgIpc) is 2.39. The molecule has 1 aromatic carbocycles. The Morgan fingerprint density at radius 1 is 1.53 bits per heavy atom. The second kappa shape index (κ2) is 6.73. The number of nitrogens with zero attached hydrogens (tertiary/aromatic N) is 1. The van der Waals surface area contributed by atoms with Gasteiger partial charge in [0.05, 0.1) is 6.10 Å². The van der Waals surface area contributed by atoms with Crippen LogP contribution in [0.3, 0.4) is 0 Å². The van der Waals surface area contributed by atoms with Crippen LogP contribution in [0.15, 0.2) is 22.7 Å². The van der Waals surface area contributed by atoms with E-state index >= 15 is 0 Å². The van der Waals surface area contributed by atoms with E-state index in [9.17, 15) is 0 Å². The van der Waals surface area contributed by atoms with Crippen LogP contribution < -0.4 is 10.6 Å². The van der Waals surface area contributed by atoms with Gasteiger partial charge in [0.2, 0.25) is 0 Å². The summed E-state index contributed by atoms with van der Waals surface area (Å²) >= 11 is 3.56. The Bertz CT molecular complexity index is 421. The van der Waals surface area contributed by atoms with Crippen LogP contribution in [0.4, 0.5) is 5.69 Å². The number of nitrogens with two attached hydrogens (primary N) is 1. The molecule has 2 N–H and O–H groups in total. The van der Waals surface area contributed by atoms with Crippen molar-refractivity contribution in [1.82, 2.24) is 0 Å². The molecule has 2 unspecified atom stereocenters. The summed E-state index contributed by atoms with van der Waals surface area (Å²) in [5.74, 6) is 0. The maximum Gasteiger partial charge on any atom is 0.0750 e. The zero-order valence-electron chi connectivity index (χ0n) is 11.7. The lowest BCUT2D eigenvalue weighted by molar-refractivity contribution is 0.0526. The highest BCUT2D eigenvalue weighted by Gasteiger charge is 2.22. The number of anilines is 1. The summed E-state index contributed by atoms with van der Waals surface area (Å²) in [5.41, 5.74) is 8.54. The van der Waals surface area contributed by atoms with Crippen LogP contribution in [-0.4, -0.2) is 25.8 Å². The van der Waals surface area contributed by atoms with Gasteiger partial charge < -0.3 is 15.4 Å². The monoisotopic (exact) mass is 326 g/mol. The van der Waals surface area contributed by atoms with Gasteiger partial charge in [0.25, 0.3) is 0 Å². The summed E-state index contributed by atoms with van der Waals surface area (Å²) in [7, 11) is 0. The molecule has 0 aromatic heterocycles. The molecule has 0 spiro atoms. The summed E-state index contributed by atoms with van der Waals surface area (Å²) in [6.07, 6.45) is 2.68. The van der Waals surface area contributed by atoms with Crippen molar-refractivity contribution in [3.05, 3.63) is 28.2 Å². The van der Waals surface area contributed by atoms with Crippen molar-refractivity contribution in [3.63, 3.8) is 0 Å². The molecule has 0 aliphatic carbocycles. The minimum Gasteiger partial charge on any atom is -0.377 e. The Hall–Kier alpha value is -0.580. The summed E-state index contributed by atoms with van der Waals surface area (Å²) in [6.45, 7) is 6.93. The van der Waals surface area contributed by atoms with E-state index in [1.165, 1.54) is 17.7 Å². The third-order valence-electron chi connectivity index (χ3n) is 3.60. The molecule has 4 heteroatoms. The fraction of sp³-hybridized carbons (Fsp3) is 0.600. The number of benzene rings is 1. The van der Waals surface area contributed by atoms with Crippen LogP contribution in [-0.2, 0) is 4.74 Å². The Kier molecular flexibility index (Phi) is 5.25. The zero-order chi connectivity index (χ0) is 13.8. The molecule has 19 heavy (non-hydrogen) atoms. The first kappa shape index (κ1) is 14.8. The zero-order valence-corrected chi connectivity index (χ0v) is 13.3. The van der Waals surface area contributed by atoms with E-state index in [0.717, 1.165) is 30.6 Å². The van der Waals surface area contributed by atoms with Crippen molar-refractivity contribution < 1.29 is 4.74 Å². The molecule has 1 saturated heterocycles. The smallest absolute Gasteiger partial charge is 0.0750 e. The second-order valence-electron chi connectivity index (χ2n) is 5.16. The summed E-state index contributed by atoms with van der Waals surface area (Å²) in [4.78, 5) is 2.41. The Morgan fingerprint density at radius 2 is 2.32 bits per heavy atom. The summed E-state index contributed by atoms with van der Waals surface area (Å²) in [6, 6.07) is 6.41. The third kappa shape index (κ3) is 3.71. The van der Waals surface area contributed by atoms with Crippen LogP contribution in [0.25, 0.3) is 0 Å². The van der Waals surface area contributed by atoms with Gasteiger partial charge in [-0.1, -0.05) is 22.0 Å². The van der Waals surface area contributed by atoms with Crippen LogP contribution in [0.5, 0.6) is 0 Å². The largest absolute Gasteiger partial charge is 0.377 e. The van der Waals surface area contributed by atoms with Crippen LogP contribution in [0, 0.1) is 0 Å². The van der Waals surface area contributed by atoms with Gasteiger partial charge in [0.1, 0.15) is 0 Å². The fourth-order valence-corrected chi connectivity index (χ4v) is 3.05. The Morgan fingerprint density at radius 3 is 3.00 bits per heavy atom. The van der Waals surface area contributed by atoms with E-state index in [0.29, 0.717) is 6.10 Å². The molecule has 0 saturated carbocycles. The highest BCUT2D eigenvalue weighted by Crippen LogP contribution is 2.31. The standard InChI is InChI=1S/C15H23BrN2O/c1-3-19-13-5-4-8-18(10-13)15-9-12(16)6-7-14(15)11(2)17/h6-7,9,11,13H,3-5,8,10,17H2,1-2H3. The molecule has 0 bridgehead atoms. The van der Waals surface area contributed by atoms with E-state index < -0.39 is 0 Å². The predicted octanol–water partition coefficient (Wildman–Crippen LogP) is 3.47. The van der Waals surface area contributed by atoms with Crippen molar-refractivity contribution in [2.75, 3.05) is 24.6 Å². The minimum atomic E-state index is 0.0515. The fourth-order valence-electron chi connectivity index (χ4n) is 2.70. The Balaban J connectivity index is 2.22. The minimum absolute atomic E-state index is 0.0515. The Labute approximate surface area is 124 Å². The second-order valence-corrected chi connectivity index (χ2v) is 6.07. The van der Waals surface area contributed by atoms with Crippen molar-refractivity contribution >= 4 is 21.6 Å². The van der Waals surface area contributed by atoms with E-state index in [-0.39, 0.29) is 6.04 Å². The average molecular weight is 327 g/mol. The number of hydrogen-bond acceptors (Lipinski definition) is 3. The lowest BCUT2D eigenvalue weighted by atomic mass is 10.0. The lowest BCUT2D eigenvalue weighted by Gasteiger charge is -2.36. The number of ether oxygens (including phenoxy) is 1. The molecule has 1 fully saturated rings. The quantitative estimate of drug-likeness (QED) is 0.920. The van der Waals surface area contributed by atoms with Crippen LogP contribution >= 0.6 is 15.9 Å². The number of halogens is 1. The van der Waals surface area contributed by atoms with Gasteiger partial charge in [0.15, 0.2) is 0 Å². The molecular weight excluding hydrogens is 304 g/mol. The maximum atomic E-state index is 6.09. The third-order valence-corrected chi connectivity index (χ3v) is 4.10. The molecule has 1 aliphatic rings. The number of rotatable bonds is 4. The highest BCUT2D eigenvalue weighted by molar-refractivity contribution is 9.10. The number of piperidine rings is 1. The highest BCUT2D eigenvalue weighted by atomic mass is 79.9. The molecule has 3 nitrogen and oxygen atoms in total. The molecule has 1 heterocycles. The molecule has 0 radical (unpaired) electrons. The molecule has 1 aromatic rings. The first-order chi connectivity index (χ1) is 9.11. The van der Waals surface area contributed by atoms with Crippen molar-refractivity contribution in [1.29, 1.82) is 0 Å². The molecule has 1 aliphatic heterocycles. The van der Waals surface area contributed by atoms with Gasteiger partial charge in [-0.2, -0.15) is 0 Å². The molecule has 2 atom stereocenters. The topological polar surface area (TPSA) is 38.5 Å². The van der Waals surface area contributed by atoms with E-state index in [4.69, 9.17) is 10.5 Å². The van der Waals surface area contributed by atoms with Crippen molar-refractivity contribution in [2.45, 2.75) is 38.8 Å². The SMILES string of the molecule is CCOC1CCCN(c2cc(Br)ccc2C(C)N)C1. The first-order valence-electron chi connectivity index (χ1n) is 7.03. The van der Waals surface area contributed by atoms with E-state index in [1.54, 1.807) is 0 Å². The molecule has 106 valence electrons. The van der Waals surface area contributed by atoms with Crippen molar-refractivity contribution in [3.8, 4) is 0 Å². The van der Waals surface area contributed by atoms with Gasteiger partial charge in [-0.15, -0.1) is 0 Å². The van der Waals surface area contributed by atoms with Gasteiger partial charge in [0, 0.05) is 35.9 Å². The first-order valence-corrected chi connectivity index (χ1v) is 7.82. The lowest BCUT2D eigenvalue weighted by Crippen LogP contribution is -2.40. The van der Waals surface area contributed by atoms with Crippen LogP contribution in [0.1, 0.15) is 38.3 Å². The summed E-state index contributed by atoms with van der Waals surface area (Å²) in [5, 5.41) is 0. The molecule has 0 amide bonds. The normalized spacial score (nSPS) is 21.5. The molecular formula is C15H23BrN2O. The number of hydrogen-bond donors (Lipinski definition) is 1. The van der Waals surface area contributed by atoms with E-state index in [1.807, 2.05) is 6.92 Å². The predicted molar refractivity (Wildman–Crippen MR) is 83.6 cm³/mol. The van der Waals surface area contributed by atoms with Gasteiger partial charge in [-0.3, -0.25) is 0 Å². The van der Waals surface area contributed by atoms with Gasteiger partial charge in [-0.25, -0.2) is 0 Å². The van der Waals surface area contributed by atoms with Crippen LogP contribution in [0.2, 0.25) is 0 Å². The summed E-state index contributed by atoms with van der Waals surface area (Å²) < 4.78 is 6.88.